The molecule has 0 aliphatic heterocycles. The van der Waals surface area contributed by atoms with Crippen LogP contribution < -0.4 is 14.4 Å². The van der Waals surface area contributed by atoms with Gasteiger partial charge in [0.15, 0.2) is 5.58 Å². The number of esters is 1. The third-order valence-electron chi connectivity index (χ3n) is 4.19. The molecular formula is C22H15FO5S. The van der Waals surface area contributed by atoms with Crippen LogP contribution in [0.15, 0.2) is 69.9 Å². The second kappa shape index (κ2) is 7.89. The van der Waals surface area contributed by atoms with Crippen LogP contribution in [0, 0.1) is 5.82 Å². The van der Waals surface area contributed by atoms with E-state index < -0.39 is 16.7 Å². The molecule has 0 radical (unpaired) electrons. The van der Waals surface area contributed by atoms with Crippen molar-refractivity contribution >= 4 is 27.6 Å². The number of carbonyl (C=O) groups excluding carboxylic acids is 1. The van der Waals surface area contributed by atoms with Crippen LogP contribution in [0.25, 0.3) is 21.4 Å². The molecule has 29 heavy (non-hydrogen) atoms. The summed E-state index contributed by atoms with van der Waals surface area (Å²) >= 11 is 0.900. The molecule has 1 heterocycles. The van der Waals surface area contributed by atoms with Crippen LogP contribution in [0.3, 0.4) is 0 Å². The Balaban J connectivity index is 1.75. The van der Waals surface area contributed by atoms with Gasteiger partial charge < -0.3 is 13.9 Å². The van der Waals surface area contributed by atoms with E-state index in [0.717, 1.165) is 16.9 Å². The van der Waals surface area contributed by atoms with Crippen LogP contribution in [0.5, 0.6) is 11.5 Å². The fourth-order valence-electron chi connectivity index (χ4n) is 2.91. The van der Waals surface area contributed by atoms with Crippen LogP contribution in [0.4, 0.5) is 4.39 Å². The third kappa shape index (κ3) is 3.90. The number of hydrogen-bond acceptors (Lipinski definition) is 6. The Morgan fingerprint density at radius 3 is 2.55 bits per heavy atom. The minimum absolute atomic E-state index is 0.171. The molecule has 0 saturated carbocycles. The zero-order valence-electron chi connectivity index (χ0n) is 15.3. The van der Waals surface area contributed by atoms with E-state index >= 15 is 0 Å². The molecular weight excluding hydrogens is 395 g/mol. The fourth-order valence-corrected chi connectivity index (χ4v) is 3.64. The van der Waals surface area contributed by atoms with E-state index in [1.54, 1.807) is 24.3 Å². The second-order valence-corrected chi connectivity index (χ2v) is 7.06. The fraction of sp³-hybridized carbons (Fsp3) is 0.0909. The lowest BCUT2D eigenvalue weighted by Gasteiger charge is -2.09. The van der Waals surface area contributed by atoms with Gasteiger partial charge in [-0.15, -0.1) is 0 Å². The van der Waals surface area contributed by atoms with Gasteiger partial charge in [0.1, 0.15) is 17.3 Å². The zero-order chi connectivity index (χ0) is 20.4. The molecule has 0 spiro atoms. The highest BCUT2D eigenvalue weighted by atomic mass is 32.1. The summed E-state index contributed by atoms with van der Waals surface area (Å²) < 4.78 is 30.6. The van der Waals surface area contributed by atoms with E-state index in [9.17, 15) is 14.0 Å². The Labute approximate surface area is 168 Å². The summed E-state index contributed by atoms with van der Waals surface area (Å²) in [5, 5.41) is 0. The summed E-state index contributed by atoms with van der Waals surface area (Å²) in [6.45, 7) is 2.44. The third-order valence-corrected chi connectivity index (χ3v) is 4.96. The Kier molecular flexibility index (Phi) is 5.14. The van der Waals surface area contributed by atoms with Crippen molar-refractivity contribution < 1.29 is 23.1 Å². The van der Waals surface area contributed by atoms with Crippen molar-refractivity contribution in [3.05, 3.63) is 81.8 Å². The molecule has 4 aromatic rings. The molecule has 0 aliphatic rings. The van der Waals surface area contributed by atoms with Crippen molar-refractivity contribution in [1.29, 1.82) is 0 Å². The molecule has 1 aromatic heterocycles. The number of carbonyl (C=O) groups is 1. The van der Waals surface area contributed by atoms with Crippen LogP contribution in [0.2, 0.25) is 0 Å². The Hall–Kier alpha value is -3.45. The maximum Gasteiger partial charge on any atom is 0.396 e. The van der Waals surface area contributed by atoms with Gasteiger partial charge in [-0.05, 0) is 42.8 Å². The van der Waals surface area contributed by atoms with E-state index in [4.69, 9.17) is 13.9 Å². The smallest absolute Gasteiger partial charge is 0.396 e. The second-order valence-electron chi connectivity index (χ2n) is 6.08. The molecule has 146 valence electrons. The molecule has 5 nitrogen and oxygen atoms in total. The average Bonchev–Trinajstić information content (AvgIpc) is 3.08. The Morgan fingerprint density at radius 1 is 1.07 bits per heavy atom. The van der Waals surface area contributed by atoms with Gasteiger partial charge in [-0.1, -0.05) is 35.6 Å². The largest absolute Gasteiger partial charge is 0.494 e. The monoisotopic (exact) mass is 410 g/mol. The lowest BCUT2D eigenvalue weighted by atomic mass is 10.0. The first-order valence-electron chi connectivity index (χ1n) is 8.83. The van der Waals surface area contributed by atoms with E-state index in [-0.39, 0.29) is 11.3 Å². The van der Waals surface area contributed by atoms with Gasteiger partial charge in [0.25, 0.3) is 0 Å². The highest BCUT2D eigenvalue weighted by Gasteiger charge is 2.17. The number of hydrogen-bond donors (Lipinski definition) is 0. The van der Waals surface area contributed by atoms with Crippen molar-refractivity contribution in [2.45, 2.75) is 6.92 Å². The minimum Gasteiger partial charge on any atom is -0.494 e. The maximum absolute atomic E-state index is 13.9. The number of fused-ring (bicyclic) bond motifs is 1. The summed E-state index contributed by atoms with van der Waals surface area (Å²) in [7, 11) is 0. The molecule has 0 amide bonds. The molecule has 0 fully saturated rings. The summed E-state index contributed by atoms with van der Waals surface area (Å²) in [6, 6.07) is 15.9. The zero-order valence-corrected chi connectivity index (χ0v) is 16.1. The highest BCUT2D eigenvalue weighted by molar-refractivity contribution is 7.16. The first-order valence-corrected chi connectivity index (χ1v) is 9.64. The van der Waals surface area contributed by atoms with Gasteiger partial charge in [0.05, 0.1) is 16.9 Å². The van der Waals surface area contributed by atoms with Crippen molar-refractivity contribution in [3.63, 3.8) is 0 Å². The summed E-state index contributed by atoms with van der Waals surface area (Å²) in [5.74, 6) is -0.595. The van der Waals surface area contributed by atoms with Crippen molar-refractivity contribution in [2.24, 2.45) is 0 Å². The van der Waals surface area contributed by atoms with Crippen LogP contribution in [-0.2, 0) is 0 Å². The summed E-state index contributed by atoms with van der Waals surface area (Å²) in [5.41, 5.74) is 1.56. The quantitative estimate of drug-likeness (QED) is 0.331. The lowest BCUT2D eigenvalue weighted by molar-refractivity contribution is 0.0730. The Bertz CT molecular complexity index is 1240. The van der Waals surface area contributed by atoms with Gasteiger partial charge in [0.2, 0.25) is 0 Å². The number of rotatable bonds is 5. The molecule has 0 N–H and O–H groups in total. The maximum atomic E-state index is 13.9. The molecule has 0 bridgehead atoms. The van der Waals surface area contributed by atoms with Crippen molar-refractivity contribution in [3.8, 4) is 22.6 Å². The van der Waals surface area contributed by atoms with E-state index in [1.807, 2.05) is 19.1 Å². The lowest BCUT2D eigenvalue weighted by Crippen LogP contribution is -2.10. The Morgan fingerprint density at radius 2 is 1.83 bits per heavy atom. The molecule has 0 aliphatic carbocycles. The van der Waals surface area contributed by atoms with E-state index in [0.29, 0.717) is 28.2 Å². The molecule has 4 rings (SSSR count). The number of halogens is 1. The number of ether oxygens (including phenoxy) is 2. The standard InChI is InChI=1S/C22H15FO5S/c1-2-26-14-9-7-13(8-10-14)17-11-15(12-19-20(17)28-22(25)29-19)27-21(24)16-5-3-4-6-18(16)23/h3-12H,2H2,1H3. The van der Waals surface area contributed by atoms with Crippen LogP contribution in [0.1, 0.15) is 17.3 Å². The van der Waals surface area contributed by atoms with Crippen molar-refractivity contribution in [1.82, 2.24) is 0 Å². The molecule has 0 unspecified atom stereocenters. The predicted octanol–water partition coefficient (Wildman–Crippen LogP) is 5.28. The topological polar surface area (TPSA) is 65.7 Å². The molecule has 0 saturated heterocycles. The van der Waals surface area contributed by atoms with Crippen LogP contribution >= 0.6 is 11.3 Å². The molecule has 0 atom stereocenters. The van der Waals surface area contributed by atoms with Gasteiger partial charge in [-0.2, -0.15) is 0 Å². The van der Waals surface area contributed by atoms with Crippen LogP contribution in [-0.4, -0.2) is 12.6 Å². The van der Waals surface area contributed by atoms with Gasteiger partial charge in [0, 0.05) is 11.6 Å². The van der Waals surface area contributed by atoms with Gasteiger partial charge in [-0.3, -0.25) is 0 Å². The minimum atomic E-state index is -0.823. The number of benzene rings is 3. The molecule has 3 aromatic carbocycles. The van der Waals surface area contributed by atoms with Gasteiger partial charge >= 0.3 is 10.9 Å². The van der Waals surface area contributed by atoms with E-state index in [2.05, 4.69) is 0 Å². The average molecular weight is 410 g/mol. The summed E-state index contributed by atoms with van der Waals surface area (Å²) in [4.78, 5) is 23.7. The van der Waals surface area contributed by atoms with E-state index in [1.165, 1.54) is 24.3 Å². The predicted molar refractivity (Wildman–Crippen MR) is 108 cm³/mol. The van der Waals surface area contributed by atoms with Crippen molar-refractivity contribution in [2.75, 3.05) is 6.61 Å². The van der Waals surface area contributed by atoms with Gasteiger partial charge in [-0.25, -0.2) is 14.0 Å². The first kappa shape index (κ1) is 18.9. The highest BCUT2D eigenvalue weighted by Crippen LogP contribution is 2.35. The normalized spacial score (nSPS) is 10.8. The first-order chi connectivity index (χ1) is 14.0. The SMILES string of the molecule is CCOc1ccc(-c2cc(OC(=O)c3ccccc3F)cc3sc(=O)oc23)cc1. The molecule has 7 heteroatoms. The summed E-state index contributed by atoms with van der Waals surface area (Å²) in [6.07, 6.45) is 0.